The third-order valence-corrected chi connectivity index (χ3v) is 5.31. The summed E-state index contributed by atoms with van der Waals surface area (Å²) < 4.78 is 0. The Hall–Kier alpha value is -3.02. The maximum absolute atomic E-state index is 13.3. The van der Waals surface area contributed by atoms with Crippen LogP contribution in [0.5, 0.6) is 5.75 Å². The number of amides is 1. The second-order valence-electron chi connectivity index (χ2n) is 10.6. The number of hydrogen-bond acceptors (Lipinski definition) is 5. The summed E-state index contributed by atoms with van der Waals surface area (Å²) in [6, 6.07) is 3.51. The van der Waals surface area contributed by atoms with Gasteiger partial charge < -0.3 is 21.1 Å². The van der Waals surface area contributed by atoms with Crippen LogP contribution in [0.4, 0.5) is 5.69 Å². The number of rotatable bonds is 5. The first-order valence-electron chi connectivity index (χ1n) is 10.9. The Morgan fingerprint density at radius 2 is 1.56 bits per heavy atom. The number of nitrogens with zero attached hydrogens (tertiary/aromatic N) is 1. The third-order valence-electron chi connectivity index (χ3n) is 5.31. The Morgan fingerprint density at radius 3 is 2.06 bits per heavy atom. The second kappa shape index (κ2) is 9.23. The number of ketones is 1. The number of nitrogens with one attached hydrogen (secondary N) is 1. The van der Waals surface area contributed by atoms with Gasteiger partial charge in [0.1, 0.15) is 11.3 Å². The fourth-order valence-electron chi connectivity index (χ4n) is 3.64. The molecular formula is C26H37N3O3. The zero-order valence-electron chi connectivity index (χ0n) is 20.6. The normalized spacial score (nSPS) is 15.1. The summed E-state index contributed by atoms with van der Waals surface area (Å²) in [5.41, 5.74) is 8.33. The zero-order chi connectivity index (χ0) is 24.4. The fourth-order valence-corrected chi connectivity index (χ4v) is 3.64. The van der Waals surface area contributed by atoms with Gasteiger partial charge in [-0.2, -0.15) is 0 Å². The van der Waals surface area contributed by atoms with Crippen LogP contribution in [0.3, 0.4) is 0 Å². The van der Waals surface area contributed by atoms with E-state index in [0.717, 1.165) is 17.5 Å². The molecule has 0 atom stereocenters. The summed E-state index contributed by atoms with van der Waals surface area (Å²) in [6.07, 6.45) is 6.56. The number of nitrogens with two attached hydrogens (primary N) is 1. The van der Waals surface area contributed by atoms with E-state index in [4.69, 9.17) is 5.73 Å². The van der Waals surface area contributed by atoms with E-state index in [1.54, 1.807) is 37.2 Å². The smallest absolute Gasteiger partial charge is 0.261 e. The number of anilines is 1. The fraction of sp³-hybridized carbons (Fsp3) is 0.462. The van der Waals surface area contributed by atoms with Gasteiger partial charge in [-0.3, -0.25) is 9.59 Å². The number of carbonyl (C=O) groups is 2. The van der Waals surface area contributed by atoms with E-state index >= 15 is 0 Å². The molecule has 32 heavy (non-hydrogen) atoms. The highest BCUT2D eigenvalue weighted by Gasteiger charge is 2.29. The summed E-state index contributed by atoms with van der Waals surface area (Å²) in [4.78, 5) is 28.2. The zero-order valence-corrected chi connectivity index (χ0v) is 20.6. The topological polar surface area (TPSA) is 95.7 Å². The molecular weight excluding hydrogens is 402 g/mol. The maximum atomic E-state index is 13.3. The number of aromatic hydroxyl groups is 1. The quantitative estimate of drug-likeness (QED) is 0.357. The summed E-state index contributed by atoms with van der Waals surface area (Å²) in [7, 11) is 3.50. The van der Waals surface area contributed by atoms with Gasteiger partial charge in [0, 0.05) is 43.3 Å². The number of carbonyl (C=O) groups excluding carboxylic acids is 2. The van der Waals surface area contributed by atoms with E-state index < -0.39 is 11.7 Å². The summed E-state index contributed by atoms with van der Waals surface area (Å²) in [5, 5.41) is 13.6. The molecule has 4 N–H and O–H groups in total. The van der Waals surface area contributed by atoms with E-state index in [1.165, 1.54) is 6.20 Å². The van der Waals surface area contributed by atoms with E-state index in [-0.39, 0.29) is 22.2 Å². The van der Waals surface area contributed by atoms with Crippen molar-refractivity contribution in [2.75, 3.05) is 19.4 Å². The number of benzene rings is 1. The first-order valence-corrected chi connectivity index (χ1v) is 10.9. The van der Waals surface area contributed by atoms with Crippen LogP contribution in [0.1, 0.15) is 65.5 Å². The van der Waals surface area contributed by atoms with Crippen LogP contribution < -0.4 is 11.1 Å². The van der Waals surface area contributed by atoms with Crippen molar-refractivity contribution < 1.29 is 14.7 Å². The van der Waals surface area contributed by atoms with Crippen molar-refractivity contribution in [3.8, 4) is 5.75 Å². The Balaban J connectivity index is 2.52. The van der Waals surface area contributed by atoms with Gasteiger partial charge in [-0.1, -0.05) is 53.7 Å². The SMILES string of the molecule is CN(C)/C=C(\C(=O)Nc1cc(O)c(C(C)(C)C)cc1C(C)(C)C)C(=O)C1=CCCC=C1N. The van der Waals surface area contributed by atoms with Gasteiger partial charge in [0.25, 0.3) is 5.91 Å². The van der Waals surface area contributed by atoms with Crippen molar-refractivity contribution in [3.05, 3.63) is 58.5 Å². The van der Waals surface area contributed by atoms with Crippen LogP contribution in [0, 0.1) is 0 Å². The maximum Gasteiger partial charge on any atom is 0.261 e. The van der Waals surface area contributed by atoms with Crippen molar-refractivity contribution in [1.29, 1.82) is 0 Å². The molecule has 0 unspecified atom stereocenters. The van der Waals surface area contributed by atoms with Crippen molar-refractivity contribution >= 4 is 17.4 Å². The lowest BCUT2D eigenvalue weighted by Gasteiger charge is -2.28. The van der Waals surface area contributed by atoms with Crippen LogP contribution in [0.2, 0.25) is 0 Å². The van der Waals surface area contributed by atoms with Crippen LogP contribution in [0.25, 0.3) is 0 Å². The average Bonchev–Trinajstić information content (AvgIpc) is 2.63. The molecule has 0 spiro atoms. The number of phenolic OH excluding ortho intramolecular Hbond substituents is 1. The molecule has 1 aliphatic carbocycles. The van der Waals surface area contributed by atoms with Gasteiger partial charge in [-0.25, -0.2) is 0 Å². The highest BCUT2D eigenvalue weighted by atomic mass is 16.3. The molecule has 1 aliphatic rings. The molecule has 0 fully saturated rings. The summed E-state index contributed by atoms with van der Waals surface area (Å²) in [6.45, 7) is 12.2. The molecule has 6 heteroatoms. The molecule has 0 heterocycles. The molecule has 1 amide bonds. The molecule has 1 aromatic rings. The van der Waals surface area contributed by atoms with E-state index in [9.17, 15) is 14.7 Å². The first-order chi connectivity index (χ1) is 14.6. The van der Waals surface area contributed by atoms with Gasteiger partial charge in [0.05, 0.1) is 0 Å². The lowest BCUT2D eigenvalue weighted by molar-refractivity contribution is -0.118. The van der Waals surface area contributed by atoms with Gasteiger partial charge in [0.2, 0.25) is 5.78 Å². The van der Waals surface area contributed by atoms with Crippen molar-refractivity contribution in [2.45, 2.75) is 65.2 Å². The van der Waals surface area contributed by atoms with E-state index in [0.29, 0.717) is 23.4 Å². The first kappa shape index (κ1) is 25.2. The predicted molar refractivity (Wildman–Crippen MR) is 131 cm³/mol. The lowest BCUT2D eigenvalue weighted by atomic mass is 9.79. The molecule has 1 aromatic carbocycles. The minimum Gasteiger partial charge on any atom is -0.508 e. The number of hydrogen-bond donors (Lipinski definition) is 3. The van der Waals surface area contributed by atoms with Crippen LogP contribution >= 0.6 is 0 Å². The second-order valence-corrected chi connectivity index (χ2v) is 10.6. The molecule has 0 aromatic heterocycles. The molecule has 6 nitrogen and oxygen atoms in total. The Bertz CT molecular complexity index is 1000. The molecule has 2 rings (SSSR count). The molecule has 0 saturated carbocycles. The number of phenols is 1. The van der Waals surface area contributed by atoms with Crippen LogP contribution in [0.15, 0.2) is 47.3 Å². The van der Waals surface area contributed by atoms with Crippen molar-refractivity contribution in [3.63, 3.8) is 0 Å². The van der Waals surface area contributed by atoms with Gasteiger partial charge in [-0.05, 0) is 40.9 Å². The molecule has 174 valence electrons. The van der Waals surface area contributed by atoms with Crippen LogP contribution in [-0.2, 0) is 20.4 Å². The Labute approximate surface area is 191 Å². The van der Waals surface area contributed by atoms with Crippen molar-refractivity contribution in [2.24, 2.45) is 5.73 Å². The van der Waals surface area contributed by atoms with Crippen LogP contribution in [-0.4, -0.2) is 35.8 Å². The minimum absolute atomic E-state index is 0.0150. The standard InChI is InChI=1S/C26H37N3O3/c1-25(2,3)18-13-19(26(4,5)6)22(30)14-21(18)28-24(32)17(15-29(7)8)23(31)16-11-9-10-12-20(16)27/h11-15,30H,9-10,27H2,1-8H3,(H,28,32)/b17-15-. The molecule has 0 aliphatic heterocycles. The largest absolute Gasteiger partial charge is 0.508 e. The van der Waals surface area contributed by atoms with Gasteiger partial charge in [0.15, 0.2) is 0 Å². The van der Waals surface area contributed by atoms with E-state index in [1.807, 2.05) is 47.6 Å². The monoisotopic (exact) mass is 439 g/mol. The summed E-state index contributed by atoms with van der Waals surface area (Å²) >= 11 is 0. The highest BCUT2D eigenvalue weighted by molar-refractivity contribution is 6.29. The van der Waals surface area contributed by atoms with E-state index in [2.05, 4.69) is 5.32 Å². The molecule has 0 saturated heterocycles. The predicted octanol–water partition coefficient (Wildman–Crippen LogP) is 4.50. The average molecular weight is 440 g/mol. The Morgan fingerprint density at radius 1 is 1.00 bits per heavy atom. The third kappa shape index (κ3) is 5.81. The van der Waals surface area contributed by atoms with Gasteiger partial charge in [-0.15, -0.1) is 0 Å². The summed E-state index contributed by atoms with van der Waals surface area (Å²) in [5.74, 6) is -0.860. The minimum atomic E-state index is -0.545. The highest BCUT2D eigenvalue weighted by Crippen LogP contribution is 2.39. The Kier molecular flexibility index (Phi) is 7.28. The number of Topliss-reactive ketones (excluding diaryl/α,β-unsaturated/α-hetero) is 1. The lowest BCUT2D eigenvalue weighted by Crippen LogP contribution is -2.27. The number of allylic oxidation sites excluding steroid dienone is 3. The molecule has 0 radical (unpaired) electrons. The molecule has 0 bridgehead atoms. The van der Waals surface area contributed by atoms with Crippen molar-refractivity contribution in [1.82, 2.24) is 4.90 Å². The van der Waals surface area contributed by atoms with Gasteiger partial charge >= 0.3 is 0 Å².